The average Bonchev–Trinajstić information content (AvgIpc) is 2.75. The van der Waals surface area contributed by atoms with Crippen molar-refractivity contribution in [1.82, 2.24) is 10.2 Å². The molecule has 1 atom stereocenters. The summed E-state index contributed by atoms with van der Waals surface area (Å²) in [5.74, 6) is 0.110. The lowest BCUT2D eigenvalue weighted by Gasteiger charge is -2.34. The van der Waals surface area contributed by atoms with Crippen LogP contribution in [0.25, 0.3) is 0 Å². The third-order valence-electron chi connectivity index (χ3n) is 5.01. The molecule has 4 nitrogen and oxygen atoms in total. The third-order valence-corrected chi connectivity index (χ3v) is 5.38. The maximum Gasteiger partial charge on any atom is 0.325 e. The normalized spacial score (nSPS) is 26.4. The molecule has 118 valence electrons. The van der Waals surface area contributed by atoms with Crippen molar-refractivity contribution in [3.05, 3.63) is 34.9 Å². The van der Waals surface area contributed by atoms with E-state index in [1.807, 2.05) is 25.1 Å². The van der Waals surface area contributed by atoms with Crippen molar-refractivity contribution in [1.29, 1.82) is 0 Å². The van der Waals surface area contributed by atoms with Gasteiger partial charge in [-0.1, -0.05) is 49.1 Å². The molecule has 0 unspecified atom stereocenters. The first-order valence-corrected chi connectivity index (χ1v) is 8.27. The van der Waals surface area contributed by atoms with Crippen LogP contribution in [0.1, 0.15) is 44.6 Å². The van der Waals surface area contributed by atoms with Gasteiger partial charge in [0.2, 0.25) is 0 Å². The van der Waals surface area contributed by atoms with Crippen LogP contribution < -0.4 is 5.32 Å². The number of hydrogen-bond donors (Lipinski definition) is 1. The summed E-state index contributed by atoms with van der Waals surface area (Å²) in [7, 11) is 0. The number of rotatable bonds is 3. The van der Waals surface area contributed by atoms with Crippen molar-refractivity contribution in [2.45, 2.75) is 51.1 Å². The molecule has 1 aromatic carbocycles. The number of halogens is 1. The fourth-order valence-corrected chi connectivity index (χ4v) is 3.81. The van der Waals surface area contributed by atoms with Crippen LogP contribution in [-0.4, -0.2) is 22.4 Å². The molecule has 1 aliphatic carbocycles. The Balaban J connectivity index is 1.80. The summed E-state index contributed by atoms with van der Waals surface area (Å²) in [6, 6.07) is 7.01. The molecular weight excluding hydrogens is 300 g/mol. The van der Waals surface area contributed by atoms with Gasteiger partial charge in [-0.3, -0.25) is 9.69 Å². The van der Waals surface area contributed by atoms with Gasteiger partial charge in [0.05, 0.1) is 6.54 Å². The minimum absolute atomic E-state index is 0.121. The summed E-state index contributed by atoms with van der Waals surface area (Å²) < 4.78 is 0. The first-order chi connectivity index (χ1) is 10.5. The van der Waals surface area contributed by atoms with Gasteiger partial charge in [0.1, 0.15) is 5.54 Å². The van der Waals surface area contributed by atoms with E-state index in [1.165, 1.54) is 11.3 Å². The van der Waals surface area contributed by atoms with E-state index in [0.29, 0.717) is 5.02 Å². The zero-order valence-electron chi connectivity index (χ0n) is 12.8. The molecule has 2 fully saturated rings. The Hall–Kier alpha value is -1.55. The second-order valence-corrected chi connectivity index (χ2v) is 6.86. The number of nitrogens with zero attached hydrogens (tertiary/aromatic N) is 1. The second kappa shape index (κ2) is 5.92. The Morgan fingerprint density at radius 3 is 2.59 bits per heavy atom. The summed E-state index contributed by atoms with van der Waals surface area (Å²) in [5.41, 5.74) is 0.0271. The minimum Gasteiger partial charge on any atom is -0.323 e. The number of amides is 3. The van der Waals surface area contributed by atoms with Crippen LogP contribution in [0, 0.1) is 5.92 Å². The predicted molar refractivity (Wildman–Crippen MR) is 85.5 cm³/mol. The Bertz CT molecular complexity index is 598. The molecule has 5 heteroatoms. The van der Waals surface area contributed by atoms with E-state index in [2.05, 4.69) is 5.32 Å². The Kier molecular flexibility index (Phi) is 4.13. The zero-order chi connectivity index (χ0) is 15.7. The first kappa shape index (κ1) is 15.3. The van der Waals surface area contributed by atoms with Gasteiger partial charge in [-0.15, -0.1) is 0 Å². The topological polar surface area (TPSA) is 49.4 Å². The monoisotopic (exact) mass is 320 g/mol. The largest absolute Gasteiger partial charge is 0.325 e. The highest BCUT2D eigenvalue weighted by molar-refractivity contribution is 6.31. The van der Waals surface area contributed by atoms with Crippen molar-refractivity contribution in [2.24, 2.45) is 5.92 Å². The molecule has 1 heterocycles. The summed E-state index contributed by atoms with van der Waals surface area (Å²) in [6.45, 7) is 2.10. The second-order valence-electron chi connectivity index (χ2n) is 6.45. The summed E-state index contributed by atoms with van der Waals surface area (Å²) in [4.78, 5) is 26.5. The molecule has 1 aliphatic heterocycles. The highest BCUT2D eigenvalue weighted by Gasteiger charge is 2.52. The van der Waals surface area contributed by atoms with Gasteiger partial charge in [-0.25, -0.2) is 4.79 Å². The van der Waals surface area contributed by atoms with Crippen molar-refractivity contribution < 1.29 is 9.59 Å². The molecule has 0 spiro atoms. The van der Waals surface area contributed by atoms with Gasteiger partial charge in [0, 0.05) is 5.02 Å². The molecule has 3 rings (SSSR count). The van der Waals surface area contributed by atoms with Crippen molar-refractivity contribution in [2.75, 3.05) is 0 Å². The van der Waals surface area contributed by atoms with Crippen LogP contribution in [-0.2, 0) is 11.3 Å². The van der Waals surface area contributed by atoms with Crippen LogP contribution in [0.4, 0.5) is 4.79 Å². The Labute approximate surface area is 135 Å². The van der Waals surface area contributed by atoms with Gasteiger partial charge in [-0.05, 0) is 37.3 Å². The lowest BCUT2D eigenvalue weighted by molar-refractivity contribution is -0.133. The number of imide groups is 1. The maximum atomic E-state index is 12.9. The van der Waals surface area contributed by atoms with Gasteiger partial charge >= 0.3 is 6.03 Å². The number of urea groups is 1. The molecule has 0 bridgehead atoms. The Morgan fingerprint density at radius 1 is 1.23 bits per heavy atom. The molecular formula is C17H21ClN2O2. The zero-order valence-corrected chi connectivity index (χ0v) is 13.5. The smallest absolute Gasteiger partial charge is 0.323 e. The Morgan fingerprint density at radius 2 is 1.91 bits per heavy atom. The van der Waals surface area contributed by atoms with Gasteiger partial charge < -0.3 is 5.32 Å². The SMILES string of the molecule is C[C@]1(C2CCCCC2)NC(=O)N(Cc2ccccc2Cl)C1=O. The van der Waals surface area contributed by atoms with Crippen LogP contribution >= 0.6 is 11.6 Å². The van der Waals surface area contributed by atoms with E-state index < -0.39 is 5.54 Å². The number of nitrogens with one attached hydrogen (secondary N) is 1. The number of benzene rings is 1. The van der Waals surface area contributed by atoms with Crippen molar-refractivity contribution >= 4 is 23.5 Å². The highest BCUT2D eigenvalue weighted by Crippen LogP contribution is 2.37. The molecule has 3 amide bonds. The lowest BCUT2D eigenvalue weighted by atomic mass is 9.75. The highest BCUT2D eigenvalue weighted by atomic mass is 35.5. The fourth-order valence-electron chi connectivity index (χ4n) is 3.61. The van der Waals surface area contributed by atoms with Gasteiger partial charge in [0.25, 0.3) is 5.91 Å². The molecule has 1 N–H and O–H groups in total. The van der Waals surface area contributed by atoms with Crippen LogP contribution in [0.15, 0.2) is 24.3 Å². The number of carbonyl (C=O) groups is 2. The standard InChI is InChI=1S/C17H21ClN2O2/c1-17(13-8-3-2-4-9-13)15(21)20(16(22)19-17)11-12-7-5-6-10-14(12)18/h5-7,10,13H,2-4,8-9,11H2,1H3,(H,19,22)/t17-/m1/s1. The van der Waals surface area contributed by atoms with E-state index in [0.717, 1.165) is 31.2 Å². The van der Waals surface area contributed by atoms with Crippen LogP contribution in [0.3, 0.4) is 0 Å². The minimum atomic E-state index is -0.765. The van der Waals surface area contributed by atoms with Gasteiger partial charge in [-0.2, -0.15) is 0 Å². The molecule has 1 saturated carbocycles. The van der Waals surface area contributed by atoms with E-state index >= 15 is 0 Å². The molecule has 2 aliphatic rings. The van der Waals surface area contributed by atoms with Crippen LogP contribution in [0.5, 0.6) is 0 Å². The summed E-state index contributed by atoms with van der Waals surface area (Å²) in [6.07, 6.45) is 5.49. The number of carbonyl (C=O) groups excluding carboxylic acids is 2. The summed E-state index contributed by atoms with van der Waals surface area (Å²) >= 11 is 6.15. The predicted octanol–water partition coefficient (Wildman–Crippen LogP) is 3.73. The van der Waals surface area contributed by atoms with Crippen LogP contribution in [0.2, 0.25) is 5.02 Å². The molecule has 1 aromatic rings. The van der Waals surface area contributed by atoms with E-state index in [-0.39, 0.29) is 24.4 Å². The van der Waals surface area contributed by atoms with E-state index in [4.69, 9.17) is 11.6 Å². The quantitative estimate of drug-likeness (QED) is 0.863. The molecule has 1 saturated heterocycles. The molecule has 0 radical (unpaired) electrons. The van der Waals surface area contributed by atoms with Crippen molar-refractivity contribution in [3.63, 3.8) is 0 Å². The lowest BCUT2D eigenvalue weighted by Crippen LogP contribution is -2.51. The van der Waals surface area contributed by atoms with Crippen molar-refractivity contribution in [3.8, 4) is 0 Å². The molecule has 22 heavy (non-hydrogen) atoms. The van der Waals surface area contributed by atoms with Gasteiger partial charge in [0.15, 0.2) is 0 Å². The third kappa shape index (κ3) is 2.60. The van der Waals surface area contributed by atoms with E-state index in [1.54, 1.807) is 6.07 Å². The molecule has 0 aromatic heterocycles. The maximum absolute atomic E-state index is 12.9. The fraction of sp³-hybridized carbons (Fsp3) is 0.529. The number of hydrogen-bond acceptors (Lipinski definition) is 2. The van der Waals surface area contributed by atoms with E-state index in [9.17, 15) is 9.59 Å². The first-order valence-electron chi connectivity index (χ1n) is 7.90. The summed E-state index contributed by atoms with van der Waals surface area (Å²) in [5, 5.41) is 3.51. The average molecular weight is 321 g/mol.